The van der Waals surface area contributed by atoms with Crippen LogP contribution in [0.3, 0.4) is 0 Å². The van der Waals surface area contributed by atoms with Gasteiger partial charge in [-0.25, -0.2) is 4.39 Å². The van der Waals surface area contributed by atoms with Gasteiger partial charge in [-0.15, -0.1) is 0 Å². The van der Waals surface area contributed by atoms with E-state index < -0.39 is 5.41 Å². The Balaban J connectivity index is 1.81. The minimum atomic E-state index is -0.412. The molecular formula is C17H19FN2O2. The fourth-order valence-electron chi connectivity index (χ4n) is 2.90. The van der Waals surface area contributed by atoms with Crippen LogP contribution in [-0.2, 0) is 16.8 Å². The molecule has 116 valence electrons. The Kier molecular flexibility index (Phi) is 3.72. The minimum absolute atomic E-state index is 0.115. The van der Waals surface area contributed by atoms with Crippen LogP contribution < -0.4 is 4.74 Å². The van der Waals surface area contributed by atoms with Crippen LogP contribution in [0.25, 0.3) is 0 Å². The summed E-state index contributed by atoms with van der Waals surface area (Å²) in [7, 11) is 0. The van der Waals surface area contributed by atoms with Crippen molar-refractivity contribution in [1.29, 1.82) is 0 Å². The molecule has 2 aromatic rings. The summed E-state index contributed by atoms with van der Waals surface area (Å²) in [6.45, 7) is 5.03. The molecule has 5 heteroatoms. The number of carbonyl (C=O) groups is 1. The van der Waals surface area contributed by atoms with Crippen molar-refractivity contribution in [3.8, 4) is 5.75 Å². The van der Waals surface area contributed by atoms with E-state index in [4.69, 9.17) is 4.74 Å². The van der Waals surface area contributed by atoms with Crippen molar-refractivity contribution in [2.24, 2.45) is 5.92 Å². The fourth-order valence-corrected chi connectivity index (χ4v) is 2.90. The monoisotopic (exact) mass is 302 g/mol. The van der Waals surface area contributed by atoms with Gasteiger partial charge in [-0.1, -0.05) is 12.1 Å². The Morgan fingerprint density at radius 3 is 2.95 bits per heavy atom. The Labute approximate surface area is 128 Å². The number of benzene rings is 1. The van der Waals surface area contributed by atoms with Crippen LogP contribution in [-0.4, -0.2) is 22.7 Å². The van der Waals surface area contributed by atoms with Crippen molar-refractivity contribution < 1.29 is 13.9 Å². The number of aldehydes is 1. The number of aromatic nitrogens is 2. The molecule has 0 aliphatic heterocycles. The average Bonchev–Trinajstić information content (AvgIpc) is 3.14. The molecule has 4 nitrogen and oxygen atoms in total. The summed E-state index contributed by atoms with van der Waals surface area (Å²) < 4.78 is 21.2. The van der Waals surface area contributed by atoms with Crippen molar-refractivity contribution >= 4 is 6.29 Å². The van der Waals surface area contributed by atoms with Crippen molar-refractivity contribution in [2.75, 3.05) is 6.61 Å². The second kappa shape index (κ2) is 5.55. The molecule has 0 unspecified atom stereocenters. The van der Waals surface area contributed by atoms with Crippen LogP contribution >= 0.6 is 0 Å². The number of halogens is 1. The topological polar surface area (TPSA) is 44.1 Å². The number of ether oxygens (including phenoxy) is 1. The van der Waals surface area contributed by atoms with E-state index in [1.54, 1.807) is 6.07 Å². The first-order chi connectivity index (χ1) is 10.6. The summed E-state index contributed by atoms with van der Waals surface area (Å²) in [6, 6.07) is 6.44. The minimum Gasteiger partial charge on any atom is -0.489 e. The maximum atomic E-state index is 13.5. The summed E-state index contributed by atoms with van der Waals surface area (Å²) in [4.78, 5) is 11.2. The van der Waals surface area contributed by atoms with Gasteiger partial charge in [-0.3, -0.25) is 4.68 Å². The Morgan fingerprint density at radius 1 is 1.55 bits per heavy atom. The Hall–Kier alpha value is -2.17. The zero-order valence-electron chi connectivity index (χ0n) is 12.8. The molecule has 0 saturated heterocycles. The van der Waals surface area contributed by atoms with Gasteiger partial charge >= 0.3 is 0 Å². The number of hydrogen-bond donors (Lipinski definition) is 0. The quantitative estimate of drug-likeness (QED) is 0.771. The second-order valence-corrected chi connectivity index (χ2v) is 5.84. The van der Waals surface area contributed by atoms with Crippen molar-refractivity contribution in [2.45, 2.75) is 32.2 Å². The van der Waals surface area contributed by atoms with Gasteiger partial charge in [0.2, 0.25) is 0 Å². The van der Waals surface area contributed by atoms with Crippen LogP contribution in [0.1, 0.15) is 24.6 Å². The van der Waals surface area contributed by atoms with Crippen LogP contribution in [0.5, 0.6) is 5.75 Å². The molecule has 1 saturated carbocycles. The Morgan fingerprint density at radius 2 is 2.36 bits per heavy atom. The maximum Gasteiger partial charge on any atom is 0.160 e. The number of rotatable bonds is 6. The third-order valence-corrected chi connectivity index (χ3v) is 4.41. The summed E-state index contributed by atoms with van der Waals surface area (Å²) in [6.07, 6.45) is 3.49. The first kappa shape index (κ1) is 14.8. The second-order valence-electron chi connectivity index (χ2n) is 5.84. The van der Waals surface area contributed by atoms with Gasteiger partial charge in [-0.2, -0.15) is 5.10 Å². The van der Waals surface area contributed by atoms with E-state index >= 15 is 0 Å². The van der Waals surface area contributed by atoms with E-state index in [0.717, 1.165) is 24.1 Å². The molecule has 1 aromatic heterocycles. The van der Waals surface area contributed by atoms with E-state index in [-0.39, 0.29) is 11.7 Å². The molecule has 1 aliphatic carbocycles. The highest BCUT2D eigenvalue weighted by atomic mass is 19.1. The third-order valence-electron chi connectivity index (χ3n) is 4.41. The van der Waals surface area contributed by atoms with Gasteiger partial charge in [-0.05, 0) is 38.0 Å². The highest BCUT2D eigenvalue weighted by molar-refractivity contribution is 5.64. The molecule has 2 atom stereocenters. The van der Waals surface area contributed by atoms with E-state index in [1.807, 2.05) is 30.8 Å². The molecule has 0 spiro atoms. The highest BCUT2D eigenvalue weighted by Crippen LogP contribution is 2.53. The number of aryl methyl sites for hydroxylation is 2. The van der Waals surface area contributed by atoms with E-state index in [1.165, 1.54) is 12.1 Å². The average molecular weight is 302 g/mol. The number of hydrogen-bond acceptors (Lipinski definition) is 3. The smallest absolute Gasteiger partial charge is 0.160 e. The maximum absolute atomic E-state index is 13.5. The first-order valence-corrected chi connectivity index (χ1v) is 7.47. The Bertz CT molecular complexity index is 698. The zero-order chi connectivity index (χ0) is 15.7. The van der Waals surface area contributed by atoms with Gasteiger partial charge in [0.15, 0.2) is 5.75 Å². The van der Waals surface area contributed by atoms with E-state index in [9.17, 15) is 9.18 Å². The lowest BCUT2D eigenvalue weighted by molar-refractivity contribution is -0.109. The van der Waals surface area contributed by atoms with Gasteiger partial charge in [0.05, 0.1) is 12.8 Å². The van der Waals surface area contributed by atoms with Crippen LogP contribution in [0.2, 0.25) is 0 Å². The molecule has 1 heterocycles. The lowest BCUT2D eigenvalue weighted by Crippen LogP contribution is -2.21. The lowest BCUT2D eigenvalue weighted by Gasteiger charge is -2.17. The third kappa shape index (κ3) is 2.51. The largest absolute Gasteiger partial charge is 0.489 e. The fraction of sp³-hybridized carbons (Fsp3) is 0.412. The molecular weight excluding hydrogens is 283 g/mol. The van der Waals surface area contributed by atoms with Gasteiger partial charge in [0.1, 0.15) is 17.8 Å². The van der Waals surface area contributed by atoms with Crippen LogP contribution in [0, 0.1) is 18.7 Å². The number of nitrogens with zero attached hydrogens (tertiary/aromatic N) is 2. The molecule has 3 rings (SSSR count). The van der Waals surface area contributed by atoms with E-state index in [2.05, 4.69) is 5.10 Å². The van der Waals surface area contributed by atoms with Crippen molar-refractivity contribution in [1.82, 2.24) is 9.78 Å². The molecule has 0 amide bonds. The van der Waals surface area contributed by atoms with Gasteiger partial charge < -0.3 is 9.53 Å². The number of carbonyl (C=O) groups excluding carboxylic acids is 1. The predicted molar refractivity (Wildman–Crippen MR) is 80.4 cm³/mol. The molecule has 0 radical (unpaired) electrons. The van der Waals surface area contributed by atoms with Gasteiger partial charge in [0.25, 0.3) is 0 Å². The predicted octanol–water partition coefficient (Wildman–Crippen LogP) is 2.89. The summed E-state index contributed by atoms with van der Waals surface area (Å²) in [5.74, 6) is 0.313. The first-order valence-electron chi connectivity index (χ1n) is 7.47. The van der Waals surface area contributed by atoms with Crippen molar-refractivity contribution in [3.05, 3.63) is 47.5 Å². The van der Waals surface area contributed by atoms with Crippen LogP contribution in [0.4, 0.5) is 4.39 Å². The molecule has 1 aliphatic rings. The normalized spacial score (nSPS) is 23.3. The highest BCUT2D eigenvalue weighted by Gasteiger charge is 2.56. The zero-order valence-corrected chi connectivity index (χ0v) is 12.8. The summed E-state index contributed by atoms with van der Waals surface area (Å²) in [5.41, 5.74) is 1.23. The molecule has 0 bridgehead atoms. The molecule has 1 aromatic carbocycles. The summed E-state index contributed by atoms with van der Waals surface area (Å²) in [5, 5.41) is 4.34. The van der Waals surface area contributed by atoms with E-state index in [0.29, 0.717) is 18.8 Å². The molecule has 22 heavy (non-hydrogen) atoms. The SMILES string of the molecule is CCn1cc(OC[C@@]2(c3cccc(F)c3)C[C@H]2C=O)c(C)n1. The standard InChI is InChI=1S/C17H19FN2O2/c1-3-20-9-16(12(2)19-20)22-11-17(8-14(17)10-21)13-5-4-6-15(18)7-13/h4-7,9-10,14H,3,8,11H2,1-2H3/t14-,17+/m0/s1. The molecule has 1 fully saturated rings. The van der Waals surface area contributed by atoms with Gasteiger partial charge in [0, 0.05) is 17.9 Å². The van der Waals surface area contributed by atoms with Crippen LogP contribution in [0.15, 0.2) is 30.5 Å². The lowest BCUT2D eigenvalue weighted by atomic mass is 9.94. The van der Waals surface area contributed by atoms with Crippen molar-refractivity contribution in [3.63, 3.8) is 0 Å². The summed E-state index contributed by atoms with van der Waals surface area (Å²) >= 11 is 0. The molecule has 0 N–H and O–H groups in total.